The molecule has 5 nitrogen and oxygen atoms in total. The third-order valence-electron chi connectivity index (χ3n) is 3.29. The molecule has 16 heavy (non-hydrogen) atoms. The molecule has 0 aromatic rings. The van der Waals surface area contributed by atoms with Crippen LogP contribution in [0, 0.1) is 5.92 Å². The lowest BCUT2D eigenvalue weighted by atomic mass is 10.1. The quantitative estimate of drug-likeness (QED) is 0.690. The number of sulfone groups is 1. The van der Waals surface area contributed by atoms with Crippen LogP contribution in [-0.4, -0.2) is 45.0 Å². The number of carbonyl (C=O) groups is 1. The van der Waals surface area contributed by atoms with Crippen molar-refractivity contribution in [3.05, 3.63) is 0 Å². The highest BCUT2D eigenvalue weighted by Crippen LogP contribution is 2.18. The van der Waals surface area contributed by atoms with E-state index in [9.17, 15) is 13.2 Å². The number of carbonyl (C=O) groups excluding carboxylic acids is 1. The van der Waals surface area contributed by atoms with E-state index in [2.05, 4.69) is 10.6 Å². The summed E-state index contributed by atoms with van der Waals surface area (Å²) < 4.78 is 22.4. The molecule has 0 aromatic carbocycles. The molecule has 92 valence electrons. The first-order chi connectivity index (χ1) is 7.57. The summed E-state index contributed by atoms with van der Waals surface area (Å²) in [4.78, 5) is 11.7. The first-order valence-corrected chi connectivity index (χ1v) is 7.60. The highest BCUT2D eigenvalue weighted by Gasteiger charge is 2.33. The van der Waals surface area contributed by atoms with Crippen LogP contribution in [0.25, 0.3) is 0 Å². The Labute approximate surface area is 95.9 Å². The van der Waals surface area contributed by atoms with E-state index in [-0.39, 0.29) is 23.3 Å². The molecule has 2 atom stereocenters. The van der Waals surface area contributed by atoms with Crippen molar-refractivity contribution in [2.75, 3.05) is 24.6 Å². The van der Waals surface area contributed by atoms with Gasteiger partial charge in [-0.05, 0) is 25.8 Å². The van der Waals surface area contributed by atoms with Crippen molar-refractivity contribution < 1.29 is 13.2 Å². The largest absolute Gasteiger partial charge is 0.354 e. The fourth-order valence-electron chi connectivity index (χ4n) is 2.30. The molecule has 2 N–H and O–H groups in total. The summed E-state index contributed by atoms with van der Waals surface area (Å²) >= 11 is 0. The molecular formula is C10H18N2O3S. The topological polar surface area (TPSA) is 75.3 Å². The van der Waals surface area contributed by atoms with Gasteiger partial charge in [0.1, 0.15) is 0 Å². The molecule has 2 fully saturated rings. The summed E-state index contributed by atoms with van der Waals surface area (Å²) in [6, 6.07) is 0.363. The number of nitrogens with one attached hydrogen (secondary N) is 2. The highest BCUT2D eigenvalue weighted by molar-refractivity contribution is 7.91. The van der Waals surface area contributed by atoms with Gasteiger partial charge < -0.3 is 10.6 Å². The Kier molecular flexibility index (Phi) is 3.49. The van der Waals surface area contributed by atoms with Gasteiger partial charge in [-0.25, -0.2) is 8.42 Å². The zero-order valence-electron chi connectivity index (χ0n) is 9.24. The van der Waals surface area contributed by atoms with E-state index in [1.54, 1.807) is 0 Å². The predicted molar refractivity (Wildman–Crippen MR) is 60.8 cm³/mol. The van der Waals surface area contributed by atoms with E-state index >= 15 is 0 Å². The standard InChI is InChI=1S/C10H18N2O3S/c13-10(8-3-5-16(14,15)7-8)12-6-9-2-1-4-11-9/h8-9,11H,1-7H2,(H,12,13). The average molecular weight is 246 g/mol. The first kappa shape index (κ1) is 11.9. The van der Waals surface area contributed by atoms with Gasteiger partial charge in [0.25, 0.3) is 0 Å². The van der Waals surface area contributed by atoms with Crippen molar-refractivity contribution in [3.63, 3.8) is 0 Å². The molecule has 2 rings (SSSR count). The van der Waals surface area contributed by atoms with Crippen LogP contribution in [0.2, 0.25) is 0 Å². The third kappa shape index (κ3) is 2.95. The molecule has 0 bridgehead atoms. The van der Waals surface area contributed by atoms with Gasteiger partial charge in [0.2, 0.25) is 5.91 Å². The van der Waals surface area contributed by atoms with Gasteiger partial charge >= 0.3 is 0 Å². The lowest BCUT2D eigenvalue weighted by Crippen LogP contribution is -2.40. The van der Waals surface area contributed by atoms with Crippen LogP contribution in [-0.2, 0) is 14.6 Å². The van der Waals surface area contributed by atoms with Crippen LogP contribution in [0.4, 0.5) is 0 Å². The Morgan fingerprint density at radius 3 is 2.75 bits per heavy atom. The van der Waals surface area contributed by atoms with Crippen LogP contribution in [0.3, 0.4) is 0 Å². The van der Waals surface area contributed by atoms with Gasteiger partial charge in [-0.2, -0.15) is 0 Å². The Balaban J connectivity index is 1.76. The van der Waals surface area contributed by atoms with Gasteiger partial charge in [0, 0.05) is 12.6 Å². The molecule has 2 aliphatic heterocycles. The molecule has 2 heterocycles. The second-order valence-corrected chi connectivity index (χ2v) is 6.87. The van der Waals surface area contributed by atoms with Crippen molar-refractivity contribution in [1.29, 1.82) is 0 Å². The summed E-state index contributed by atoms with van der Waals surface area (Å²) in [5, 5.41) is 6.12. The second kappa shape index (κ2) is 4.71. The Morgan fingerprint density at radius 2 is 2.19 bits per heavy atom. The SMILES string of the molecule is O=C(NCC1CCCN1)C1CCS(=O)(=O)C1. The zero-order chi connectivity index (χ0) is 11.6. The van der Waals surface area contributed by atoms with Crippen molar-refractivity contribution in [2.24, 2.45) is 5.92 Å². The fraction of sp³-hybridized carbons (Fsp3) is 0.900. The number of hydrogen-bond donors (Lipinski definition) is 2. The Bertz CT molecular complexity index is 360. The van der Waals surface area contributed by atoms with E-state index in [1.807, 2.05) is 0 Å². The van der Waals surface area contributed by atoms with Crippen molar-refractivity contribution in [1.82, 2.24) is 10.6 Å². The van der Waals surface area contributed by atoms with Crippen molar-refractivity contribution in [3.8, 4) is 0 Å². The van der Waals surface area contributed by atoms with Gasteiger partial charge in [-0.3, -0.25) is 4.79 Å². The van der Waals surface area contributed by atoms with Gasteiger partial charge in [0.05, 0.1) is 17.4 Å². The number of hydrogen-bond acceptors (Lipinski definition) is 4. The summed E-state index contributed by atoms with van der Waals surface area (Å²) in [7, 11) is -2.95. The molecule has 6 heteroatoms. The van der Waals surface area contributed by atoms with Crippen LogP contribution in [0.1, 0.15) is 19.3 Å². The Hall–Kier alpha value is -0.620. The van der Waals surface area contributed by atoms with Crippen LogP contribution in [0.15, 0.2) is 0 Å². The normalized spacial score (nSPS) is 32.8. The maximum atomic E-state index is 11.7. The first-order valence-electron chi connectivity index (χ1n) is 5.78. The number of rotatable bonds is 3. The molecular weight excluding hydrogens is 228 g/mol. The molecule has 0 aliphatic carbocycles. The van der Waals surface area contributed by atoms with Crippen LogP contribution in [0.5, 0.6) is 0 Å². The Morgan fingerprint density at radius 1 is 1.38 bits per heavy atom. The minimum Gasteiger partial charge on any atom is -0.354 e. The van der Waals surface area contributed by atoms with Gasteiger partial charge in [0.15, 0.2) is 9.84 Å². The van der Waals surface area contributed by atoms with E-state index in [0.29, 0.717) is 19.0 Å². The predicted octanol–water partition coefficient (Wildman–Crippen LogP) is -0.711. The van der Waals surface area contributed by atoms with Gasteiger partial charge in [-0.1, -0.05) is 0 Å². The van der Waals surface area contributed by atoms with Crippen molar-refractivity contribution in [2.45, 2.75) is 25.3 Å². The maximum absolute atomic E-state index is 11.7. The van der Waals surface area contributed by atoms with Gasteiger partial charge in [-0.15, -0.1) is 0 Å². The summed E-state index contributed by atoms with van der Waals surface area (Å²) in [6.07, 6.45) is 2.72. The second-order valence-electron chi connectivity index (χ2n) is 4.64. The molecule has 0 spiro atoms. The van der Waals surface area contributed by atoms with E-state index in [4.69, 9.17) is 0 Å². The lowest BCUT2D eigenvalue weighted by molar-refractivity contribution is -0.124. The molecule has 2 aliphatic rings. The number of amides is 1. The molecule has 0 aromatic heterocycles. The highest BCUT2D eigenvalue weighted by atomic mass is 32.2. The monoisotopic (exact) mass is 246 g/mol. The smallest absolute Gasteiger partial charge is 0.224 e. The fourth-order valence-corrected chi connectivity index (χ4v) is 4.04. The van der Waals surface area contributed by atoms with E-state index in [0.717, 1.165) is 19.4 Å². The van der Waals surface area contributed by atoms with E-state index < -0.39 is 9.84 Å². The summed E-state index contributed by atoms with van der Waals surface area (Å²) in [5.41, 5.74) is 0. The minimum absolute atomic E-state index is 0.0247. The van der Waals surface area contributed by atoms with E-state index in [1.165, 1.54) is 0 Å². The molecule has 2 unspecified atom stereocenters. The summed E-state index contributed by atoms with van der Waals surface area (Å²) in [5.74, 6) is -0.245. The van der Waals surface area contributed by atoms with Crippen molar-refractivity contribution >= 4 is 15.7 Å². The lowest BCUT2D eigenvalue weighted by Gasteiger charge is -2.13. The molecule has 0 saturated carbocycles. The maximum Gasteiger partial charge on any atom is 0.224 e. The third-order valence-corrected chi connectivity index (χ3v) is 5.06. The summed E-state index contributed by atoms with van der Waals surface area (Å²) in [6.45, 7) is 1.63. The minimum atomic E-state index is -2.95. The van der Waals surface area contributed by atoms with Crippen LogP contribution >= 0.6 is 0 Å². The molecule has 1 amide bonds. The van der Waals surface area contributed by atoms with Crippen LogP contribution < -0.4 is 10.6 Å². The molecule has 0 radical (unpaired) electrons. The molecule has 2 saturated heterocycles. The average Bonchev–Trinajstić information content (AvgIpc) is 2.83. The zero-order valence-corrected chi connectivity index (χ0v) is 10.1.